The number of carbonyl (C=O) groups is 2. The van der Waals surface area contributed by atoms with Crippen LogP contribution >= 0.6 is 0 Å². The van der Waals surface area contributed by atoms with Gasteiger partial charge in [0.25, 0.3) is 5.91 Å². The van der Waals surface area contributed by atoms with Crippen LogP contribution in [-0.2, 0) is 14.8 Å². The summed E-state index contributed by atoms with van der Waals surface area (Å²) < 4.78 is 27.3. The van der Waals surface area contributed by atoms with Gasteiger partial charge in [-0.2, -0.15) is 4.31 Å². The standard InChI is InChI=1S/C18H26N2O5S/c1-4-16(18(22)23)19-17(21)14-6-5-7-15(9-14)26(24,25)20-10-12(2)8-13(3)11-20/h5-7,9,12-13,16H,4,8,10-11H2,1-3H3,(H,19,21)(H,22,23). The van der Waals surface area contributed by atoms with Gasteiger partial charge >= 0.3 is 5.97 Å². The number of nitrogens with one attached hydrogen (secondary N) is 1. The van der Waals surface area contributed by atoms with Crippen molar-refractivity contribution in [3.63, 3.8) is 0 Å². The highest BCUT2D eigenvalue weighted by atomic mass is 32.2. The molecule has 144 valence electrons. The lowest BCUT2D eigenvalue weighted by molar-refractivity contribution is -0.139. The maximum Gasteiger partial charge on any atom is 0.326 e. The van der Waals surface area contributed by atoms with E-state index in [1.54, 1.807) is 6.92 Å². The Morgan fingerprint density at radius 3 is 2.42 bits per heavy atom. The summed E-state index contributed by atoms with van der Waals surface area (Å²) in [6.45, 7) is 6.62. The lowest BCUT2D eigenvalue weighted by Crippen LogP contribution is -2.42. The lowest BCUT2D eigenvalue weighted by Gasteiger charge is -2.34. The van der Waals surface area contributed by atoms with Crippen LogP contribution in [0, 0.1) is 11.8 Å². The quantitative estimate of drug-likeness (QED) is 0.783. The van der Waals surface area contributed by atoms with Crippen molar-refractivity contribution in [3.05, 3.63) is 29.8 Å². The smallest absolute Gasteiger partial charge is 0.326 e. The molecule has 0 saturated carbocycles. The average molecular weight is 382 g/mol. The van der Waals surface area contributed by atoms with Crippen LogP contribution in [0.15, 0.2) is 29.2 Å². The van der Waals surface area contributed by atoms with E-state index in [2.05, 4.69) is 5.32 Å². The van der Waals surface area contributed by atoms with Gasteiger partial charge in [-0.25, -0.2) is 13.2 Å². The fourth-order valence-electron chi connectivity index (χ4n) is 3.33. The van der Waals surface area contributed by atoms with E-state index < -0.39 is 27.9 Å². The number of rotatable bonds is 6. The molecule has 1 aliphatic heterocycles. The van der Waals surface area contributed by atoms with Crippen molar-refractivity contribution >= 4 is 21.9 Å². The van der Waals surface area contributed by atoms with Crippen molar-refractivity contribution < 1.29 is 23.1 Å². The Bertz CT molecular complexity index is 768. The van der Waals surface area contributed by atoms with Gasteiger partial charge in [0.15, 0.2) is 0 Å². The Hall–Kier alpha value is -1.93. The van der Waals surface area contributed by atoms with E-state index in [0.717, 1.165) is 6.42 Å². The van der Waals surface area contributed by atoms with Gasteiger partial charge < -0.3 is 10.4 Å². The second-order valence-electron chi connectivity index (χ2n) is 7.07. The van der Waals surface area contributed by atoms with Gasteiger partial charge in [-0.15, -0.1) is 0 Å². The lowest BCUT2D eigenvalue weighted by atomic mass is 9.94. The molecule has 0 aliphatic carbocycles. The molecule has 26 heavy (non-hydrogen) atoms. The molecule has 2 N–H and O–H groups in total. The first-order valence-electron chi connectivity index (χ1n) is 8.79. The largest absolute Gasteiger partial charge is 0.480 e. The van der Waals surface area contributed by atoms with Crippen molar-refractivity contribution in [2.75, 3.05) is 13.1 Å². The molecule has 0 radical (unpaired) electrons. The molecule has 3 atom stereocenters. The normalized spacial score (nSPS) is 22.6. The molecule has 7 nitrogen and oxygen atoms in total. The van der Waals surface area contributed by atoms with E-state index >= 15 is 0 Å². The average Bonchev–Trinajstić information content (AvgIpc) is 2.58. The molecule has 1 aliphatic rings. The SMILES string of the molecule is CCC(NC(=O)c1cccc(S(=O)(=O)N2CC(C)CC(C)C2)c1)C(=O)O. The number of hydrogen-bond donors (Lipinski definition) is 2. The van der Waals surface area contributed by atoms with Crippen molar-refractivity contribution in [3.8, 4) is 0 Å². The minimum atomic E-state index is -3.70. The molecule has 1 heterocycles. The number of carboxylic acid groups (broad SMARTS) is 1. The Morgan fingerprint density at radius 1 is 1.27 bits per heavy atom. The zero-order valence-corrected chi connectivity index (χ0v) is 16.1. The number of carbonyl (C=O) groups excluding carboxylic acids is 1. The number of aliphatic carboxylic acids is 1. The van der Waals surface area contributed by atoms with E-state index in [9.17, 15) is 18.0 Å². The summed E-state index contributed by atoms with van der Waals surface area (Å²) >= 11 is 0. The van der Waals surface area contributed by atoms with E-state index in [0.29, 0.717) is 13.1 Å². The van der Waals surface area contributed by atoms with E-state index in [1.807, 2.05) is 13.8 Å². The van der Waals surface area contributed by atoms with Crippen LogP contribution in [0.5, 0.6) is 0 Å². The minimum Gasteiger partial charge on any atom is -0.480 e. The summed E-state index contributed by atoms with van der Waals surface area (Å²) in [6, 6.07) is 4.74. The molecular formula is C18H26N2O5S. The number of nitrogens with zero attached hydrogens (tertiary/aromatic N) is 1. The first-order valence-corrected chi connectivity index (χ1v) is 10.2. The van der Waals surface area contributed by atoms with Crippen LogP contribution in [0.3, 0.4) is 0 Å². The number of benzene rings is 1. The highest BCUT2D eigenvalue weighted by molar-refractivity contribution is 7.89. The van der Waals surface area contributed by atoms with Gasteiger partial charge in [0.2, 0.25) is 10.0 Å². The summed E-state index contributed by atoms with van der Waals surface area (Å²) in [6.07, 6.45) is 1.23. The van der Waals surface area contributed by atoms with Gasteiger partial charge in [0.1, 0.15) is 6.04 Å². The van der Waals surface area contributed by atoms with Gasteiger partial charge in [0, 0.05) is 18.7 Å². The van der Waals surface area contributed by atoms with Crippen LogP contribution in [-0.4, -0.2) is 48.8 Å². The predicted molar refractivity (Wildman–Crippen MR) is 97.3 cm³/mol. The van der Waals surface area contributed by atoms with Crippen molar-refractivity contribution in [1.29, 1.82) is 0 Å². The number of hydrogen-bond acceptors (Lipinski definition) is 4. The van der Waals surface area contributed by atoms with Crippen molar-refractivity contribution in [1.82, 2.24) is 9.62 Å². The minimum absolute atomic E-state index is 0.0508. The molecule has 1 amide bonds. The summed E-state index contributed by atoms with van der Waals surface area (Å²) in [5, 5.41) is 11.5. The maximum atomic E-state index is 12.9. The van der Waals surface area contributed by atoms with Gasteiger partial charge in [-0.1, -0.05) is 26.8 Å². The summed E-state index contributed by atoms with van der Waals surface area (Å²) in [5.41, 5.74) is 0.129. The highest BCUT2D eigenvalue weighted by Gasteiger charge is 2.32. The molecule has 0 spiro atoms. The molecule has 1 saturated heterocycles. The molecule has 1 aromatic rings. The summed E-state index contributed by atoms with van der Waals surface area (Å²) in [7, 11) is -3.70. The molecule has 2 rings (SSSR count). The fraction of sp³-hybridized carbons (Fsp3) is 0.556. The van der Waals surface area contributed by atoms with Gasteiger partial charge in [-0.3, -0.25) is 4.79 Å². The maximum absolute atomic E-state index is 12.9. The fourth-order valence-corrected chi connectivity index (χ4v) is 5.05. The number of sulfonamides is 1. The van der Waals surface area contributed by atoms with Crippen LogP contribution < -0.4 is 5.32 Å². The van der Waals surface area contributed by atoms with E-state index in [4.69, 9.17) is 5.11 Å². The van der Waals surface area contributed by atoms with Gasteiger partial charge in [0.05, 0.1) is 4.90 Å². The van der Waals surface area contributed by atoms with E-state index in [-0.39, 0.29) is 28.7 Å². The second-order valence-corrected chi connectivity index (χ2v) is 9.01. The first-order chi connectivity index (χ1) is 12.1. The topological polar surface area (TPSA) is 104 Å². The molecule has 8 heteroatoms. The third-order valence-electron chi connectivity index (χ3n) is 4.58. The number of carboxylic acids is 1. The molecule has 0 aromatic heterocycles. The molecule has 1 aromatic carbocycles. The predicted octanol–water partition coefficient (Wildman–Crippen LogP) is 1.95. The third kappa shape index (κ3) is 4.62. The highest BCUT2D eigenvalue weighted by Crippen LogP contribution is 2.27. The number of piperidine rings is 1. The Kier molecular flexibility index (Phi) is 6.41. The van der Waals surface area contributed by atoms with Crippen LogP contribution in [0.4, 0.5) is 0 Å². The van der Waals surface area contributed by atoms with E-state index in [1.165, 1.54) is 28.6 Å². The first kappa shape index (κ1) is 20.4. The summed E-state index contributed by atoms with van der Waals surface area (Å²) in [4.78, 5) is 23.4. The third-order valence-corrected chi connectivity index (χ3v) is 6.41. The molecule has 0 bridgehead atoms. The van der Waals surface area contributed by atoms with Crippen molar-refractivity contribution in [2.45, 2.75) is 44.6 Å². The zero-order valence-electron chi connectivity index (χ0n) is 15.3. The van der Waals surface area contributed by atoms with Crippen LogP contribution in [0.25, 0.3) is 0 Å². The van der Waals surface area contributed by atoms with Gasteiger partial charge in [-0.05, 0) is 42.9 Å². The summed E-state index contributed by atoms with van der Waals surface area (Å²) in [5.74, 6) is -1.17. The van der Waals surface area contributed by atoms with Crippen molar-refractivity contribution in [2.24, 2.45) is 11.8 Å². The Morgan fingerprint density at radius 2 is 1.88 bits per heavy atom. The Labute approximate surface area is 154 Å². The zero-order chi connectivity index (χ0) is 19.5. The molecule has 1 fully saturated rings. The van der Waals surface area contributed by atoms with Crippen LogP contribution in [0.2, 0.25) is 0 Å². The number of amides is 1. The molecule has 3 unspecified atom stereocenters. The monoisotopic (exact) mass is 382 g/mol. The van der Waals surface area contributed by atoms with Crippen LogP contribution in [0.1, 0.15) is 44.0 Å². The second kappa shape index (κ2) is 8.18. The molecular weight excluding hydrogens is 356 g/mol. The Balaban J connectivity index is 2.25.